The fourth-order valence-electron chi connectivity index (χ4n) is 4.13. The van der Waals surface area contributed by atoms with Gasteiger partial charge >= 0.3 is 12.4 Å². The second-order valence-electron chi connectivity index (χ2n) is 8.69. The lowest BCUT2D eigenvalue weighted by molar-refractivity contribution is -0.140. The average molecular weight is 547 g/mol. The van der Waals surface area contributed by atoms with E-state index in [9.17, 15) is 35.9 Å². The molecule has 1 unspecified atom stereocenters. The molecule has 0 aliphatic carbocycles. The van der Waals surface area contributed by atoms with Crippen LogP contribution in [0.4, 0.5) is 32.2 Å². The monoisotopic (exact) mass is 547 g/mol. The van der Waals surface area contributed by atoms with Crippen LogP contribution in [0.2, 0.25) is 0 Å². The van der Waals surface area contributed by atoms with E-state index in [1.54, 1.807) is 16.7 Å². The first-order valence-electron chi connectivity index (χ1n) is 11.5. The van der Waals surface area contributed by atoms with Gasteiger partial charge in [0, 0.05) is 32.4 Å². The first kappa shape index (κ1) is 27.3. The first-order valence-corrected chi connectivity index (χ1v) is 11.5. The Morgan fingerprint density at radius 2 is 1.84 bits per heavy atom. The van der Waals surface area contributed by atoms with Crippen molar-refractivity contribution in [3.63, 3.8) is 0 Å². The Kier molecular flexibility index (Phi) is 7.62. The number of hydrogen-bond acceptors (Lipinski definition) is 7. The largest absolute Gasteiger partial charge is 0.435 e. The van der Waals surface area contributed by atoms with Crippen LogP contribution in [0.15, 0.2) is 29.3 Å². The van der Waals surface area contributed by atoms with E-state index in [-0.39, 0.29) is 50.0 Å². The molecule has 1 N–H and O–H groups in total. The minimum absolute atomic E-state index is 0.00338. The zero-order valence-electron chi connectivity index (χ0n) is 20.0. The number of anilines is 1. The number of aromatic nitrogens is 5. The normalized spacial score (nSPS) is 15.8. The number of H-pyrrole nitrogens is 1. The number of hydrogen-bond donors (Lipinski definition) is 1. The van der Waals surface area contributed by atoms with Crippen molar-refractivity contribution >= 4 is 22.6 Å². The number of ether oxygens (including phenoxy) is 1. The van der Waals surface area contributed by atoms with Crippen molar-refractivity contribution in [2.24, 2.45) is 0 Å². The minimum atomic E-state index is -4.84. The van der Waals surface area contributed by atoms with E-state index in [0.29, 0.717) is 13.1 Å². The number of halogens is 6. The van der Waals surface area contributed by atoms with Gasteiger partial charge in [-0.05, 0) is 19.1 Å². The zero-order valence-corrected chi connectivity index (χ0v) is 20.0. The molecule has 1 aliphatic heterocycles. The Morgan fingerprint density at radius 1 is 1.13 bits per heavy atom. The van der Waals surface area contributed by atoms with Crippen molar-refractivity contribution in [3.8, 4) is 0 Å². The van der Waals surface area contributed by atoms with E-state index in [1.165, 1.54) is 0 Å². The molecule has 38 heavy (non-hydrogen) atoms. The maximum Gasteiger partial charge on any atom is 0.435 e. The summed E-state index contributed by atoms with van der Waals surface area (Å²) in [7, 11) is 0. The molecule has 3 aromatic rings. The number of fused-ring (bicyclic) bond motifs is 1. The Hall–Kier alpha value is -3.69. The predicted octanol–water partition coefficient (Wildman–Crippen LogP) is 2.87. The van der Waals surface area contributed by atoms with Gasteiger partial charge in [0.25, 0.3) is 5.56 Å². The molecule has 1 atom stereocenters. The Balaban J connectivity index is 1.27. The van der Waals surface area contributed by atoms with E-state index in [1.807, 2.05) is 5.10 Å². The highest BCUT2D eigenvalue weighted by atomic mass is 19.4. The smallest absolute Gasteiger partial charge is 0.379 e. The second-order valence-corrected chi connectivity index (χ2v) is 8.69. The van der Waals surface area contributed by atoms with Gasteiger partial charge in [0.2, 0.25) is 5.91 Å². The van der Waals surface area contributed by atoms with Crippen LogP contribution in [0.5, 0.6) is 0 Å². The number of piperazine rings is 1. The van der Waals surface area contributed by atoms with Crippen LogP contribution < -0.4 is 10.5 Å². The summed E-state index contributed by atoms with van der Waals surface area (Å²) in [4.78, 5) is 31.7. The van der Waals surface area contributed by atoms with Crippen LogP contribution in [0.25, 0.3) is 10.9 Å². The van der Waals surface area contributed by atoms with E-state index in [4.69, 9.17) is 4.74 Å². The number of aromatic amines is 1. The summed E-state index contributed by atoms with van der Waals surface area (Å²) in [5.41, 5.74) is -3.23. The number of carbonyl (C=O) groups excluding carboxylic acids is 1. The lowest BCUT2D eigenvalue weighted by atomic mass is 10.2. The molecule has 4 heterocycles. The number of carbonyl (C=O) groups is 1. The van der Waals surface area contributed by atoms with Crippen LogP contribution >= 0.6 is 0 Å². The summed E-state index contributed by atoms with van der Waals surface area (Å²) >= 11 is 0. The lowest BCUT2D eigenvalue weighted by Gasteiger charge is -2.35. The van der Waals surface area contributed by atoms with Gasteiger partial charge in [0.05, 0.1) is 43.0 Å². The Labute approximate surface area is 211 Å². The second kappa shape index (κ2) is 10.6. The first-order chi connectivity index (χ1) is 17.9. The molecule has 0 bridgehead atoms. The highest BCUT2D eigenvalue weighted by Crippen LogP contribution is 2.33. The van der Waals surface area contributed by atoms with Crippen LogP contribution in [-0.4, -0.2) is 75.2 Å². The van der Waals surface area contributed by atoms with Gasteiger partial charge in [-0.15, -0.1) is 0 Å². The van der Waals surface area contributed by atoms with E-state index in [2.05, 4.69) is 15.2 Å². The van der Waals surface area contributed by atoms with Crippen molar-refractivity contribution < 1.29 is 35.9 Å². The Morgan fingerprint density at radius 3 is 2.50 bits per heavy atom. The number of nitrogens with zero attached hydrogens (tertiary/aromatic N) is 6. The van der Waals surface area contributed by atoms with Crippen LogP contribution in [0.1, 0.15) is 30.6 Å². The summed E-state index contributed by atoms with van der Waals surface area (Å²) in [5.74, 6) is -0.0461. The molecule has 16 heteroatoms. The number of amides is 1. The highest BCUT2D eigenvalue weighted by molar-refractivity contribution is 5.80. The van der Waals surface area contributed by atoms with Crippen molar-refractivity contribution in [2.75, 3.05) is 44.3 Å². The minimum Gasteiger partial charge on any atom is -0.379 e. The van der Waals surface area contributed by atoms with Gasteiger partial charge in [-0.1, -0.05) is 0 Å². The predicted molar refractivity (Wildman–Crippen MR) is 121 cm³/mol. The number of alkyl halides is 6. The molecular weight excluding hydrogens is 524 g/mol. The molecule has 0 spiro atoms. The maximum absolute atomic E-state index is 13.4. The third-order valence-electron chi connectivity index (χ3n) is 6.06. The molecule has 4 rings (SSSR count). The van der Waals surface area contributed by atoms with Gasteiger partial charge in [-0.3, -0.25) is 14.3 Å². The molecular formula is C22H23F6N7O3. The van der Waals surface area contributed by atoms with E-state index >= 15 is 0 Å². The Bertz CT molecular complexity index is 1350. The highest BCUT2D eigenvalue weighted by Gasteiger charge is 2.39. The van der Waals surface area contributed by atoms with Gasteiger partial charge < -0.3 is 14.5 Å². The van der Waals surface area contributed by atoms with Gasteiger partial charge in [0.15, 0.2) is 5.69 Å². The van der Waals surface area contributed by atoms with E-state index in [0.717, 1.165) is 29.2 Å². The lowest BCUT2D eigenvalue weighted by Crippen LogP contribution is -2.49. The van der Waals surface area contributed by atoms with Gasteiger partial charge in [0.1, 0.15) is 11.2 Å². The molecule has 1 saturated heterocycles. The van der Waals surface area contributed by atoms with Gasteiger partial charge in [-0.2, -0.15) is 36.5 Å². The number of pyridine rings is 1. The molecule has 1 fully saturated rings. The topological polar surface area (TPSA) is 109 Å². The molecule has 1 aliphatic rings. The molecule has 1 amide bonds. The van der Waals surface area contributed by atoms with E-state index < -0.39 is 40.6 Å². The average Bonchev–Trinajstić information content (AvgIpc) is 3.28. The van der Waals surface area contributed by atoms with Crippen LogP contribution in [0.3, 0.4) is 0 Å². The standard InChI is InChI=1S/C22H23F6N7O3/c1-13(35-15-11-30-31-20(37)18(15)19(32-35)22(26,27)28)12-38-9-3-17(36)34-7-5-33(6-8-34)16-10-14(2-4-29-16)21(23,24)25/h2,4,10-11,13H,3,5-9,12H2,1H3,(H,31,37). The molecule has 0 radical (unpaired) electrons. The third kappa shape index (κ3) is 5.89. The molecule has 0 saturated carbocycles. The van der Waals surface area contributed by atoms with Crippen LogP contribution in [-0.2, 0) is 21.9 Å². The summed E-state index contributed by atoms with van der Waals surface area (Å²) in [6.07, 6.45) is -7.14. The molecule has 3 aromatic heterocycles. The fourth-order valence-corrected chi connectivity index (χ4v) is 4.13. The van der Waals surface area contributed by atoms with Crippen molar-refractivity contribution in [3.05, 3.63) is 46.1 Å². The quantitative estimate of drug-likeness (QED) is 0.358. The SMILES string of the molecule is CC(COCCC(=O)N1CCN(c2cc(C(F)(F)F)ccn2)CC1)n1nc(C(F)(F)F)c2c(=O)[nH]ncc21. The summed E-state index contributed by atoms with van der Waals surface area (Å²) < 4.78 is 85.4. The van der Waals surface area contributed by atoms with Crippen molar-refractivity contribution in [2.45, 2.75) is 31.7 Å². The van der Waals surface area contributed by atoms with Gasteiger partial charge in [-0.25, -0.2) is 10.1 Å². The fraction of sp³-hybridized carbons (Fsp3) is 0.500. The number of nitrogens with one attached hydrogen (secondary N) is 1. The zero-order chi connectivity index (χ0) is 27.7. The molecule has 10 nitrogen and oxygen atoms in total. The molecule has 206 valence electrons. The summed E-state index contributed by atoms with van der Waals surface area (Å²) in [6, 6.07) is 1.17. The molecule has 0 aromatic carbocycles. The van der Waals surface area contributed by atoms with Crippen LogP contribution in [0, 0.1) is 0 Å². The summed E-state index contributed by atoms with van der Waals surface area (Å²) in [6.45, 7) is 2.64. The summed E-state index contributed by atoms with van der Waals surface area (Å²) in [5, 5.41) is 8.47. The van der Waals surface area contributed by atoms with Crippen molar-refractivity contribution in [1.82, 2.24) is 29.9 Å². The maximum atomic E-state index is 13.4. The number of rotatable bonds is 7. The van der Waals surface area contributed by atoms with Crippen molar-refractivity contribution in [1.29, 1.82) is 0 Å². The third-order valence-corrected chi connectivity index (χ3v) is 6.06.